The van der Waals surface area contributed by atoms with Crippen LogP contribution >= 0.6 is 0 Å². The Hall–Kier alpha value is -2.62. The van der Waals surface area contributed by atoms with Gasteiger partial charge in [-0.3, -0.25) is 4.79 Å². The molecule has 0 fully saturated rings. The van der Waals surface area contributed by atoms with Gasteiger partial charge >= 0.3 is 0 Å². The monoisotopic (exact) mass is 308 g/mol. The van der Waals surface area contributed by atoms with Gasteiger partial charge in [0.1, 0.15) is 0 Å². The quantitative estimate of drug-likeness (QED) is 0.674. The molecule has 0 saturated carbocycles. The average Bonchev–Trinajstić information content (AvgIpc) is 2.87. The molecular formula is C19H20N2O2. The minimum absolute atomic E-state index is 0.142. The van der Waals surface area contributed by atoms with Crippen LogP contribution < -0.4 is 4.74 Å². The van der Waals surface area contributed by atoms with E-state index < -0.39 is 0 Å². The summed E-state index contributed by atoms with van der Waals surface area (Å²) in [4.78, 5) is 16.9. The fourth-order valence-corrected chi connectivity index (χ4v) is 2.79. The van der Waals surface area contributed by atoms with Crippen LogP contribution in [-0.4, -0.2) is 22.3 Å². The van der Waals surface area contributed by atoms with Gasteiger partial charge in [0.15, 0.2) is 17.2 Å². The molecule has 118 valence electrons. The van der Waals surface area contributed by atoms with Gasteiger partial charge in [0.25, 0.3) is 0 Å². The zero-order valence-electron chi connectivity index (χ0n) is 13.7. The fraction of sp³-hybridized carbons (Fsp3) is 0.263. The topological polar surface area (TPSA) is 43.6 Å². The number of aryl methyl sites for hydroxylation is 3. The molecule has 2 heterocycles. The number of rotatable bonds is 5. The SMILES string of the molecule is COc1c(CCC(=O)c2ccccc2)ccn2c(C)c(C)nc12. The molecule has 2 aromatic heterocycles. The molecule has 4 nitrogen and oxygen atoms in total. The Bertz CT molecular complexity index is 851. The van der Waals surface area contributed by atoms with E-state index in [1.165, 1.54) is 0 Å². The predicted octanol–water partition coefficient (Wildman–Crippen LogP) is 3.78. The zero-order chi connectivity index (χ0) is 16.4. The number of hydrogen-bond acceptors (Lipinski definition) is 3. The van der Waals surface area contributed by atoms with Crippen LogP contribution in [0.3, 0.4) is 0 Å². The summed E-state index contributed by atoms with van der Waals surface area (Å²) < 4.78 is 7.59. The van der Waals surface area contributed by atoms with Crippen LogP contribution in [0, 0.1) is 13.8 Å². The smallest absolute Gasteiger partial charge is 0.180 e. The highest BCUT2D eigenvalue weighted by Gasteiger charge is 2.15. The number of methoxy groups -OCH3 is 1. The van der Waals surface area contributed by atoms with Crippen molar-refractivity contribution in [2.45, 2.75) is 26.7 Å². The number of ketones is 1. The van der Waals surface area contributed by atoms with E-state index in [9.17, 15) is 4.79 Å². The number of nitrogens with zero attached hydrogens (tertiary/aromatic N) is 2. The first-order chi connectivity index (χ1) is 11.1. The lowest BCUT2D eigenvalue weighted by Crippen LogP contribution is -2.03. The first-order valence-corrected chi connectivity index (χ1v) is 7.71. The molecule has 0 aliphatic rings. The molecule has 3 aromatic rings. The first-order valence-electron chi connectivity index (χ1n) is 7.71. The van der Waals surface area contributed by atoms with Crippen molar-refractivity contribution >= 4 is 11.4 Å². The Morgan fingerprint density at radius 1 is 1.17 bits per heavy atom. The van der Waals surface area contributed by atoms with E-state index in [1.54, 1.807) is 7.11 Å². The van der Waals surface area contributed by atoms with Gasteiger partial charge in [0, 0.05) is 23.9 Å². The molecule has 0 saturated heterocycles. The number of pyridine rings is 1. The molecule has 0 unspecified atom stereocenters. The van der Waals surface area contributed by atoms with Crippen LogP contribution in [-0.2, 0) is 6.42 Å². The lowest BCUT2D eigenvalue weighted by atomic mass is 10.0. The Labute approximate surface area is 135 Å². The molecular weight excluding hydrogens is 288 g/mol. The third kappa shape index (κ3) is 2.84. The van der Waals surface area contributed by atoms with Crippen molar-refractivity contribution in [3.63, 3.8) is 0 Å². The van der Waals surface area contributed by atoms with Crippen LogP contribution in [0.4, 0.5) is 0 Å². The molecule has 0 aliphatic carbocycles. The van der Waals surface area contributed by atoms with Gasteiger partial charge < -0.3 is 9.14 Å². The van der Waals surface area contributed by atoms with Crippen molar-refractivity contribution in [3.05, 3.63) is 65.1 Å². The summed E-state index contributed by atoms with van der Waals surface area (Å²) in [6.45, 7) is 4.02. The Kier molecular flexibility index (Phi) is 4.15. The zero-order valence-corrected chi connectivity index (χ0v) is 13.7. The molecule has 0 bridgehead atoms. The molecule has 1 aromatic carbocycles. The Balaban J connectivity index is 1.87. The standard InChI is InChI=1S/C19H20N2O2/c1-13-14(2)21-12-11-16(18(23-3)19(21)20-13)9-10-17(22)15-7-5-4-6-8-15/h4-8,11-12H,9-10H2,1-3H3. The number of fused-ring (bicyclic) bond motifs is 1. The summed E-state index contributed by atoms with van der Waals surface area (Å²) in [5, 5.41) is 0. The minimum atomic E-state index is 0.142. The van der Waals surface area contributed by atoms with E-state index in [0.717, 1.165) is 33.9 Å². The Morgan fingerprint density at radius 2 is 1.91 bits per heavy atom. The van der Waals surface area contributed by atoms with Crippen LogP contribution in [0.1, 0.15) is 33.7 Å². The van der Waals surface area contributed by atoms with Gasteiger partial charge in [-0.1, -0.05) is 30.3 Å². The molecule has 0 amide bonds. The molecule has 0 radical (unpaired) electrons. The van der Waals surface area contributed by atoms with E-state index in [2.05, 4.69) is 4.98 Å². The predicted molar refractivity (Wildman–Crippen MR) is 90.3 cm³/mol. The van der Waals surface area contributed by atoms with E-state index >= 15 is 0 Å². The molecule has 0 aliphatic heterocycles. The van der Waals surface area contributed by atoms with Gasteiger partial charge in [-0.25, -0.2) is 4.98 Å². The van der Waals surface area contributed by atoms with Gasteiger partial charge in [0.2, 0.25) is 0 Å². The second-order valence-corrected chi connectivity index (χ2v) is 5.64. The third-order valence-electron chi connectivity index (χ3n) is 4.23. The van der Waals surface area contributed by atoms with Crippen molar-refractivity contribution in [2.24, 2.45) is 0 Å². The Morgan fingerprint density at radius 3 is 2.61 bits per heavy atom. The van der Waals surface area contributed by atoms with Crippen LogP contribution in [0.5, 0.6) is 5.75 Å². The number of hydrogen-bond donors (Lipinski definition) is 0. The van der Waals surface area contributed by atoms with E-state index in [1.807, 2.05) is 60.8 Å². The van der Waals surface area contributed by atoms with Gasteiger partial charge in [-0.15, -0.1) is 0 Å². The summed E-state index contributed by atoms with van der Waals surface area (Å²) >= 11 is 0. The number of aromatic nitrogens is 2. The molecule has 23 heavy (non-hydrogen) atoms. The number of benzene rings is 1. The number of Topliss-reactive ketones (excluding diaryl/α,β-unsaturated/α-hetero) is 1. The second kappa shape index (κ2) is 6.24. The summed E-state index contributed by atoms with van der Waals surface area (Å²) in [6.07, 6.45) is 3.09. The average molecular weight is 308 g/mol. The van der Waals surface area contributed by atoms with Crippen LogP contribution in [0.25, 0.3) is 5.65 Å². The second-order valence-electron chi connectivity index (χ2n) is 5.64. The molecule has 0 N–H and O–H groups in total. The number of carbonyl (C=O) groups excluding carboxylic acids is 1. The van der Waals surface area contributed by atoms with Crippen LogP contribution in [0.15, 0.2) is 42.6 Å². The molecule has 3 rings (SSSR count). The van der Waals surface area contributed by atoms with Crippen molar-refractivity contribution in [2.75, 3.05) is 7.11 Å². The molecule has 0 atom stereocenters. The van der Waals surface area contributed by atoms with Gasteiger partial charge in [0.05, 0.1) is 12.8 Å². The molecule has 0 spiro atoms. The lowest BCUT2D eigenvalue weighted by molar-refractivity contribution is 0.0982. The summed E-state index contributed by atoms with van der Waals surface area (Å²) in [7, 11) is 1.65. The lowest BCUT2D eigenvalue weighted by Gasteiger charge is -2.10. The summed E-state index contributed by atoms with van der Waals surface area (Å²) in [6, 6.07) is 11.4. The number of ether oxygens (including phenoxy) is 1. The van der Waals surface area contributed by atoms with Crippen molar-refractivity contribution < 1.29 is 9.53 Å². The minimum Gasteiger partial charge on any atom is -0.493 e. The summed E-state index contributed by atoms with van der Waals surface area (Å²) in [5.74, 6) is 0.896. The third-order valence-corrected chi connectivity index (χ3v) is 4.23. The highest BCUT2D eigenvalue weighted by atomic mass is 16.5. The van der Waals surface area contributed by atoms with E-state index in [-0.39, 0.29) is 5.78 Å². The van der Waals surface area contributed by atoms with E-state index in [0.29, 0.717) is 12.8 Å². The van der Waals surface area contributed by atoms with E-state index in [4.69, 9.17) is 4.74 Å². The maximum Gasteiger partial charge on any atom is 0.180 e. The van der Waals surface area contributed by atoms with Crippen molar-refractivity contribution in [3.8, 4) is 5.75 Å². The number of imidazole rings is 1. The molecule has 4 heteroatoms. The summed E-state index contributed by atoms with van der Waals surface area (Å²) in [5.41, 5.74) is 4.66. The van der Waals surface area contributed by atoms with Crippen LogP contribution in [0.2, 0.25) is 0 Å². The largest absolute Gasteiger partial charge is 0.493 e. The van der Waals surface area contributed by atoms with Crippen molar-refractivity contribution in [1.29, 1.82) is 0 Å². The highest BCUT2D eigenvalue weighted by molar-refractivity contribution is 5.96. The fourth-order valence-electron chi connectivity index (χ4n) is 2.79. The van der Waals surface area contributed by atoms with Gasteiger partial charge in [-0.05, 0) is 31.9 Å². The highest BCUT2D eigenvalue weighted by Crippen LogP contribution is 2.27. The van der Waals surface area contributed by atoms with Crippen molar-refractivity contribution in [1.82, 2.24) is 9.38 Å². The first kappa shape index (κ1) is 15.3. The normalized spacial score (nSPS) is 10.9. The maximum atomic E-state index is 12.3. The maximum absolute atomic E-state index is 12.3. The number of carbonyl (C=O) groups is 1. The van der Waals surface area contributed by atoms with Gasteiger partial charge in [-0.2, -0.15) is 0 Å².